The van der Waals surface area contributed by atoms with Crippen molar-refractivity contribution >= 4 is 28.8 Å². The molecule has 4 heteroatoms. The van der Waals surface area contributed by atoms with Crippen LogP contribution in [0.5, 0.6) is 0 Å². The van der Waals surface area contributed by atoms with Gasteiger partial charge in [-0.25, -0.2) is 0 Å². The summed E-state index contributed by atoms with van der Waals surface area (Å²) in [4.78, 5) is 15.0. The summed E-state index contributed by atoms with van der Waals surface area (Å²) >= 11 is 5.02. The average Bonchev–Trinajstić information content (AvgIpc) is 2.47. The predicted molar refractivity (Wildman–Crippen MR) is 86.8 cm³/mol. The summed E-state index contributed by atoms with van der Waals surface area (Å²) in [6, 6.07) is 8.03. The van der Waals surface area contributed by atoms with Crippen LogP contribution in [-0.2, 0) is 11.2 Å². The van der Waals surface area contributed by atoms with Crippen LogP contribution in [0.25, 0.3) is 0 Å². The number of aryl methyl sites for hydroxylation is 1. The van der Waals surface area contributed by atoms with E-state index in [4.69, 9.17) is 18.0 Å². The molecule has 3 nitrogen and oxygen atoms in total. The minimum absolute atomic E-state index is 0.00995. The van der Waals surface area contributed by atoms with Crippen LogP contribution < -0.4 is 10.6 Å². The summed E-state index contributed by atoms with van der Waals surface area (Å²) in [6.45, 7) is 6.66. The van der Waals surface area contributed by atoms with Gasteiger partial charge in [0.05, 0.1) is 11.5 Å². The van der Waals surface area contributed by atoms with E-state index in [1.807, 2.05) is 18.2 Å². The summed E-state index contributed by atoms with van der Waals surface area (Å²) in [5.41, 5.74) is 7.78. The zero-order valence-electron chi connectivity index (χ0n) is 12.3. The number of para-hydroxylation sites is 1. The molecule has 0 fully saturated rings. The molecule has 1 unspecified atom stereocenters. The maximum Gasteiger partial charge on any atom is 0.231 e. The quantitative estimate of drug-likeness (QED) is 0.852. The van der Waals surface area contributed by atoms with Gasteiger partial charge in [-0.05, 0) is 29.9 Å². The third-order valence-electron chi connectivity index (χ3n) is 3.91. The summed E-state index contributed by atoms with van der Waals surface area (Å²) in [5.74, 6) is 0.125. The van der Waals surface area contributed by atoms with Crippen LogP contribution in [0, 0.1) is 11.3 Å². The number of benzene rings is 1. The van der Waals surface area contributed by atoms with Gasteiger partial charge in [0, 0.05) is 11.6 Å². The molecule has 0 saturated carbocycles. The molecule has 1 aliphatic heterocycles. The van der Waals surface area contributed by atoms with Crippen molar-refractivity contribution in [1.29, 1.82) is 0 Å². The lowest BCUT2D eigenvalue weighted by molar-refractivity contribution is -0.125. The molecule has 1 aliphatic rings. The van der Waals surface area contributed by atoms with Gasteiger partial charge in [-0.1, -0.05) is 51.2 Å². The molecule has 0 saturated heterocycles. The number of hydrogen-bond donors (Lipinski definition) is 1. The van der Waals surface area contributed by atoms with Crippen LogP contribution in [-0.4, -0.2) is 17.4 Å². The number of carbonyl (C=O) groups excluding carboxylic acids is 1. The van der Waals surface area contributed by atoms with Gasteiger partial charge in [-0.3, -0.25) is 4.79 Å². The zero-order valence-corrected chi connectivity index (χ0v) is 13.2. The molecule has 0 spiro atoms. The first-order valence-electron chi connectivity index (χ1n) is 6.98. The van der Waals surface area contributed by atoms with Crippen LogP contribution >= 0.6 is 12.2 Å². The molecule has 1 aromatic carbocycles. The van der Waals surface area contributed by atoms with Gasteiger partial charge in [0.1, 0.15) is 0 Å². The van der Waals surface area contributed by atoms with Gasteiger partial charge < -0.3 is 10.6 Å². The second-order valence-electron chi connectivity index (χ2n) is 6.48. The molecule has 1 heterocycles. The number of anilines is 1. The number of nitrogens with zero attached hydrogens (tertiary/aromatic N) is 1. The van der Waals surface area contributed by atoms with E-state index in [1.165, 1.54) is 5.56 Å². The molecule has 2 rings (SSSR count). The fourth-order valence-corrected chi connectivity index (χ4v) is 2.97. The number of fused-ring (bicyclic) bond motifs is 1. The molecule has 0 bridgehead atoms. The van der Waals surface area contributed by atoms with Crippen LogP contribution in [0.3, 0.4) is 0 Å². The van der Waals surface area contributed by atoms with Crippen molar-refractivity contribution in [3.63, 3.8) is 0 Å². The highest BCUT2D eigenvalue weighted by Gasteiger charge is 2.37. The van der Waals surface area contributed by atoms with E-state index in [0.29, 0.717) is 11.5 Å². The van der Waals surface area contributed by atoms with Crippen molar-refractivity contribution in [1.82, 2.24) is 0 Å². The Morgan fingerprint density at radius 2 is 2.05 bits per heavy atom. The van der Waals surface area contributed by atoms with Crippen LogP contribution in [0.15, 0.2) is 24.3 Å². The van der Waals surface area contributed by atoms with Crippen LogP contribution in [0.1, 0.15) is 32.8 Å². The molecular weight excluding hydrogens is 268 g/mol. The van der Waals surface area contributed by atoms with E-state index in [9.17, 15) is 4.79 Å². The maximum absolute atomic E-state index is 12.9. The Balaban J connectivity index is 2.46. The van der Waals surface area contributed by atoms with Gasteiger partial charge in [0.2, 0.25) is 5.91 Å². The summed E-state index contributed by atoms with van der Waals surface area (Å²) < 4.78 is 0. The van der Waals surface area contributed by atoms with Crippen molar-refractivity contribution in [3.05, 3.63) is 29.8 Å². The Labute approximate surface area is 126 Å². The molecule has 0 aliphatic carbocycles. The van der Waals surface area contributed by atoms with Crippen molar-refractivity contribution in [2.24, 2.45) is 17.1 Å². The van der Waals surface area contributed by atoms with E-state index in [2.05, 4.69) is 26.8 Å². The van der Waals surface area contributed by atoms with E-state index in [1.54, 1.807) is 4.90 Å². The number of carbonyl (C=O) groups is 1. The lowest BCUT2D eigenvalue weighted by Gasteiger charge is -2.32. The highest BCUT2D eigenvalue weighted by Crippen LogP contribution is 2.37. The van der Waals surface area contributed by atoms with E-state index in [0.717, 1.165) is 18.5 Å². The third-order valence-corrected chi connectivity index (χ3v) is 4.04. The first-order chi connectivity index (χ1) is 9.30. The Morgan fingerprint density at radius 1 is 1.40 bits per heavy atom. The Morgan fingerprint density at radius 3 is 2.65 bits per heavy atom. The van der Waals surface area contributed by atoms with Crippen molar-refractivity contribution in [3.8, 4) is 0 Å². The topological polar surface area (TPSA) is 46.3 Å². The van der Waals surface area contributed by atoms with E-state index >= 15 is 0 Å². The van der Waals surface area contributed by atoms with Crippen molar-refractivity contribution in [2.75, 3.05) is 11.4 Å². The molecule has 108 valence electrons. The normalized spacial score (nSPS) is 19.4. The first kappa shape index (κ1) is 15.0. The number of amides is 1. The Bertz CT molecular complexity index is 534. The molecule has 1 aromatic rings. The monoisotopic (exact) mass is 290 g/mol. The van der Waals surface area contributed by atoms with Crippen molar-refractivity contribution in [2.45, 2.75) is 33.6 Å². The highest BCUT2D eigenvalue weighted by atomic mass is 32.1. The first-order valence-corrected chi connectivity index (χ1v) is 7.39. The SMILES string of the molecule is CC(C)(C)C1CCc2ccccc2N(CC(N)=S)C1=O. The molecule has 0 aromatic heterocycles. The van der Waals surface area contributed by atoms with E-state index < -0.39 is 0 Å². The molecule has 20 heavy (non-hydrogen) atoms. The van der Waals surface area contributed by atoms with Gasteiger partial charge in [-0.15, -0.1) is 0 Å². The summed E-state index contributed by atoms with van der Waals surface area (Å²) in [7, 11) is 0. The standard InChI is InChI=1S/C16H22N2OS/c1-16(2,3)12-9-8-11-6-4-5-7-13(11)18(15(12)19)10-14(17)20/h4-7,12H,8-10H2,1-3H3,(H2,17,20). The minimum Gasteiger partial charge on any atom is -0.392 e. The highest BCUT2D eigenvalue weighted by molar-refractivity contribution is 7.80. The van der Waals surface area contributed by atoms with Gasteiger partial charge in [-0.2, -0.15) is 0 Å². The average molecular weight is 290 g/mol. The molecular formula is C16H22N2OS. The Kier molecular flexibility index (Phi) is 4.14. The van der Waals surface area contributed by atoms with Gasteiger partial charge >= 0.3 is 0 Å². The predicted octanol–water partition coefficient (Wildman–Crippen LogP) is 2.91. The number of rotatable bonds is 2. The molecule has 1 atom stereocenters. The fraction of sp³-hybridized carbons (Fsp3) is 0.500. The number of nitrogens with two attached hydrogens (primary N) is 1. The van der Waals surface area contributed by atoms with Crippen molar-refractivity contribution < 1.29 is 4.79 Å². The Hall–Kier alpha value is -1.42. The number of thiocarbonyl (C=S) groups is 1. The smallest absolute Gasteiger partial charge is 0.231 e. The summed E-state index contributed by atoms with van der Waals surface area (Å²) in [6.07, 6.45) is 1.78. The van der Waals surface area contributed by atoms with E-state index in [-0.39, 0.29) is 17.2 Å². The van der Waals surface area contributed by atoms with Crippen LogP contribution in [0.4, 0.5) is 5.69 Å². The number of hydrogen-bond acceptors (Lipinski definition) is 2. The molecule has 0 radical (unpaired) electrons. The maximum atomic E-state index is 12.9. The molecule has 1 amide bonds. The minimum atomic E-state index is -0.0619. The zero-order chi connectivity index (χ0) is 14.9. The van der Waals surface area contributed by atoms with Crippen LogP contribution in [0.2, 0.25) is 0 Å². The molecule has 2 N–H and O–H groups in total. The second kappa shape index (κ2) is 5.52. The fourth-order valence-electron chi connectivity index (χ4n) is 2.84. The van der Waals surface area contributed by atoms with Gasteiger partial charge in [0.25, 0.3) is 0 Å². The van der Waals surface area contributed by atoms with Gasteiger partial charge in [0.15, 0.2) is 0 Å². The lowest BCUT2D eigenvalue weighted by Crippen LogP contribution is -2.44. The largest absolute Gasteiger partial charge is 0.392 e. The summed E-state index contributed by atoms with van der Waals surface area (Å²) in [5, 5.41) is 0. The third kappa shape index (κ3) is 3.01. The lowest BCUT2D eigenvalue weighted by atomic mass is 9.77. The second-order valence-corrected chi connectivity index (χ2v) is 7.00.